The molecule has 1 fully saturated rings. The van der Waals surface area contributed by atoms with Crippen molar-refractivity contribution in [3.63, 3.8) is 0 Å². The molecule has 1 aromatic rings. The van der Waals surface area contributed by atoms with Crippen LogP contribution in [0, 0.1) is 12.8 Å². The number of hydrogen-bond acceptors (Lipinski definition) is 3. The number of anilines is 1. The lowest BCUT2D eigenvalue weighted by Crippen LogP contribution is -2.22. The molecule has 2 rings (SSSR count). The van der Waals surface area contributed by atoms with E-state index in [1.165, 1.54) is 0 Å². The molecule has 0 amide bonds. The van der Waals surface area contributed by atoms with E-state index in [0.29, 0.717) is 0 Å². The second kappa shape index (κ2) is 3.90. The van der Waals surface area contributed by atoms with Crippen LogP contribution in [-0.2, 0) is 0 Å². The minimum atomic E-state index is -0.234. The Hall–Kier alpha value is -1.19. The minimum absolute atomic E-state index is 0.166. The summed E-state index contributed by atoms with van der Waals surface area (Å²) in [5, 5.41) is 0. The van der Waals surface area contributed by atoms with Gasteiger partial charge < -0.3 is 4.90 Å². The summed E-state index contributed by atoms with van der Waals surface area (Å²) in [6, 6.07) is 1.87. The summed E-state index contributed by atoms with van der Waals surface area (Å²) in [6.45, 7) is 3.33. The minimum Gasteiger partial charge on any atom is -0.340 e. The van der Waals surface area contributed by atoms with E-state index < -0.39 is 0 Å². The van der Waals surface area contributed by atoms with E-state index >= 15 is 0 Å². The second-order valence-corrected chi connectivity index (χ2v) is 3.75. The second-order valence-electron chi connectivity index (χ2n) is 3.75. The van der Waals surface area contributed by atoms with Crippen molar-refractivity contribution < 1.29 is 4.39 Å². The summed E-state index contributed by atoms with van der Waals surface area (Å²) in [4.78, 5) is 10.6. The van der Waals surface area contributed by atoms with Crippen LogP contribution in [0.4, 0.5) is 10.3 Å². The van der Waals surface area contributed by atoms with Crippen LogP contribution < -0.4 is 4.90 Å². The molecule has 1 atom stereocenters. The SMILES string of the molecule is Cc1ccnc(N2CCC(CF)C2)n1. The molecule has 1 aliphatic heterocycles. The summed E-state index contributed by atoms with van der Waals surface area (Å²) in [6.07, 6.45) is 2.66. The predicted molar refractivity (Wildman–Crippen MR) is 53.1 cm³/mol. The van der Waals surface area contributed by atoms with E-state index in [4.69, 9.17) is 0 Å². The highest BCUT2D eigenvalue weighted by atomic mass is 19.1. The molecule has 1 unspecified atom stereocenters. The Bertz CT molecular complexity index is 316. The molecule has 1 aromatic heterocycles. The monoisotopic (exact) mass is 195 g/mol. The molecule has 0 N–H and O–H groups in total. The van der Waals surface area contributed by atoms with Gasteiger partial charge >= 0.3 is 0 Å². The maximum Gasteiger partial charge on any atom is 0.225 e. The molecule has 2 heterocycles. The van der Waals surface area contributed by atoms with Crippen molar-refractivity contribution >= 4 is 5.95 Å². The van der Waals surface area contributed by atoms with E-state index in [2.05, 4.69) is 14.9 Å². The van der Waals surface area contributed by atoms with Crippen molar-refractivity contribution in [3.05, 3.63) is 18.0 Å². The average molecular weight is 195 g/mol. The highest BCUT2D eigenvalue weighted by Crippen LogP contribution is 2.20. The summed E-state index contributed by atoms with van der Waals surface area (Å²) < 4.78 is 12.4. The number of aryl methyl sites for hydroxylation is 1. The smallest absolute Gasteiger partial charge is 0.225 e. The Morgan fingerprint density at radius 1 is 1.64 bits per heavy atom. The fraction of sp³-hybridized carbons (Fsp3) is 0.600. The number of halogens is 1. The summed E-state index contributed by atoms with van der Waals surface area (Å²) in [5.41, 5.74) is 0.957. The van der Waals surface area contributed by atoms with Crippen molar-refractivity contribution in [2.75, 3.05) is 24.7 Å². The largest absolute Gasteiger partial charge is 0.340 e. The van der Waals surface area contributed by atoms with E-state index in [1.807, 2.05) is 13.0 Å². The first-order chi connectivity index (χ1) is 6.79. The van der Waals surface area contributed by atoms with Gasteiger partial charge in [-0.25, -0.2) is 9.97 Å². The summed E-state index contributed by atoms with van der Waals surface area (Å²) in [7, 11) is 0. The number of rotatable bonds is 2. The van der Waals surface area contributed by atoms with Gasteiger partial charge in [-0.15, -0.1) is 0 Å². The van der Waals surface area contributed by atoms with Crippen molar-refractivity contribution in [1.29, 1.82) is 0 Å². The van der Waals surface area contributed by atoms with Crippen molar-refractivity contribution in [2.24, 2.45) is 5.92 Å². The lowest BCUT2D eigenvalue weighted by atomic mass is 10.1. The molecule has 4 heteroatoms. The van der Waals surface area contributed by atoms with Gasteiger partial charge in [0.2, 0.25) is 5.95 Å². The first-order valence-electron chi connectivity index (χ1n) is 4.90. The molecule has 0 aromatic carbocycles. The molecule has 0 radical (unpaired) electrons. The summed E-state index contributed by atoms with van der Waals surface area (Å²) in [5.74, 6) is 0.903. The zero-order chi connectivity index (χ0) is 9.97. The fourth-order valence-electron chi connectivity index (χ4n) is 1.73. The Kier molecular flexibility index (Phi) is 2.61. The first-order valence-corrected chi connectivity index (χ1v) is 4.90. The van der Waals surface area contributed by atoms with E-state index in [1.54, 1.807) is 6.20 Å². The first kappa shape index (κ1) is 9.37. The number of alkyl halides is 1. The highest BCUT2D eigenvalue weighted by molar-refractivity contribution is 5.31. The Morgan fingerprint density at radius 3 is 3.14 bits per heavy atom. The Labute approximate surface area is 83.0 Å². The maximum absolute atomic E-state index is 12.4. The van der Waals surface area contributed by atoms with Crippen LogP contribution in [-0.4, -0.2) is 29.7 Å². The van der Waals surface area contributed by atoms with Crippen LogP contribution in [0.25, 0.3) is 0 Å². The third-order valence-electron chi connectivity index (χ3n) is 2.57. The number of aromatic nitrogens is 2. The zero-order valence-electron chi connectivity index (χ0n) is 8.28. The van der Waals surface area contributed by atoms with Gasteiger partial charge in [0, 0.05) is 30.9 Å². The molecule has 0 bridgehead atoms. The van der Waals surface area contributed by atoms with Crippen molar-refractivity contribution in [1.82, 2.24) is 9.97 Å². The van der Waals surface area contributed by atoms with Gasteiger partial charge in [-0.2, -0.15) is 0 Å². The molecular weight excluding hydrogens is 181 g/mol. The van der Waals surface area contributed by atoms with Gasteiger partial charge in [0.25, 0.3) is 0 Å². The lowest BCUT2D eigenvalue weighted by Gasteiger charge is -2.15. The number of hydrogen-bond donors (Lipinski definition) is 0. The molecule has 0 aliphatic carbocycles. The van der Waals surface area contributed by atoms with Crippen molar-refractivity contribution in [2.45, 2.75) is 13.3 Å². The van der Waals surface area contributed by atoms with Crippen LogP contribution in [0.5, 0.6) is 0 Å². The van der Waals surface area contributed by atoms with Crippen LogP contribution in [0.1, 0.15) is 12.1 Å². The third-order valence-corrected chi connectivity index (χ3v) is 2.57. The molecular formula is C10H14FN3. The Morgan fingerprint density at radius 2 is 2.50 bits per heavy atom. The van der Waals surface area contributed by atoms with E-state index in [-0.39, 0.29) is 12.6 Å². The van der Waals surface area contributed by atoms with Gasteiger partial charge in [0.05, 0.1) is 6.67 Å². The number of nitrogens with zero attached hydrogens (tertiary/aromatic N) is 3. The average Bonchev–Trinajstić information content (AvgIpc) is 2.66. The summed E-state index contributed by atoms with van der Waals surface area (Å²) >= 11 is 0. The standard InChI is InChI=1S/C10H14FN3/c1-8-2-4-12-10(13-8)14-5-3-9(6-11)7-14/h2,4,9H,3,5-7H2,1H3. The van der Waals surface area contributed by atoms with E-state index in [9.17, 15) is 4.39 Å². The predicted octanol–water partition coefficient (Wildman–Crippen LogP) is 1.58. The van der Waals surface area contributed by atoms with Gasteiger partial charge in [-0.1, -0.05) is 0 Å². The molecule has 0 spiro atoms. The molecule has 1 saturated heterocycles. The fourth-order valence-corrected chi connectivity index (χ4v) is 1.73. The maximum atomic E-state index is 12.4. The van der Waals surface area contributed by atoms with Gasteiger partial charge in [-0.3, -0.25) is 4.39 Å². The quantitative estimate of drug-likeness (QED) is 0.717. The van der Waals surface area contributed by atoms with Crippen LogP contribution >= 0.6 is 0 Å². The lowest BCUT2D eigenvalue weighted by molar-refractivity contribution is 0.384. The topological polar surface area (TPSA) is 29.0 Å². The van der Waals surface area contributed by atoms with Gasteiger partial charge in [-0.05, 0) is 19.4 Å². The molecule has 14 heavy (non-hydrogen) atoms. The zero-order valence-corrected chi connectivity index (χ0v) is 8.28. The molecule has 3 nitrogen and oxygen atoms in total. The van der Waals surface area contributed by atoms with Crippen LogP contribution in [0.2, 0.25) is 0 Å². The molecule has 1 aliphatic rings. The van der Waals surface area contributed by atoms with Crippen LogP contribution in [0.3, 0.4) is 0 Å². The van der Waals surface area contributed by atoms with Gasteiger partial charge in [0.1, 0.15) is 0 Å². The van der Waals surface area contributed by atoms with Crippen LogP contribution in [0.15, 0.2) is 12.3 Å². The molecule has 0 saturated carbocycles. The third kappa shape index (κ3) is 1.84. The van der Waals surface area contributed by atoms with E-state index in [0.717, 1.165) is 31.2 Å². The Balaban J connectivity index is 2.09. The van der Waals surface area contributed by atoms with Crippen molar-refractivity contribution in [3.8, 4) is 0 Å². The normalized spacial score (nSPS) is 21.6. The van der Waals surface area contributed by atoms with Gasteiger partial charge in [0.15, 0.2) is 0 Å². The highest BCUT2D eigenvalue weighted by Gasteiger charge is 2.23. The molecule has 76 valence electrons.